The number of piperidine rings is 2. The molecule has 0 radical (unpaired) electrons. The Morgan fingerprint density at radius 3 is 0.700 bits per heavy atom. The minimum Gasteiger partial charge on any atom is -0.381 e. The standard InChI is InChI=1S/4C7H14.2C6H13N.2C6H12O.8C3H8/c4*1-7-5-3-2-4-6-7;1-6-3-2-4-7-5-6;1-6-4-2-3-5-7-6;1-6-3-2-4-7-5-6;1-6-4-2-3-5-7-6;8*1-3-2/h4*7H,2-6H2,1H3;2*6-7H,2-5H2,1H3;2*6H,2-5H2,1H3;8*3H2,1-2H3/t;;;;4*6-;;;;;;;;/m....1111......../s1. The lowest BCUT2D eigenvalue weighted by Crippen LogP contribution is -2.30. The first-order chi connectivity index (χ1) is 38.5. The summed E-state index contributed by atoms with van der Waals surface area (Å²) in [5.74, 6) is 5.88. The van der Waals surface area contributed by atoms with Crippen molar-refractivity contribution in [1.29, 1.82) is 0 Å². The predicted octanol–water partition coefficient (Wildman–Crippen LogP) is 26.8. The van der Waals surface area contributed by atoms with E-state index in [1.807, 2.05) is 0 Å². The zero-order chi connectivity index (χ0) is 62.6. The van der Waals surface area contributed by atoms with Crippen molar-refractivity contribution < 1.29 is 9.47 Å². The summed E-state index contributed by atoms with van der Waals surface area (Å²) in [5, 5.41) is 6.72. The van der Waals surface area contributed by atoms with Gasteiger partial charge in [-0.2, -0.15) is 0 Å². The van der Waals surface area contributed by atoms with Crippen LogP contribution >= 0.6 is 0 Å². The van der Waals surface area contributed by atoms with E-state index in [4.69, 9.17) is 9.47 Å². The lowest BCUT2D eigenvalue weighted by molar-refractivity contribution is 0.0285. The van der Waals surface area contributed by atoms with E-state index < -0.39 is 0 Å². The summed E-state index contributed by atoms with van der Waals surface area (Å²) in [6.45, 7) is 59.0. The molecule has 0 spiro atoms. The quantitative estimate of drug-likeness (QED) is 0.254. The smallest absolute Gasteiger partial charge is 0.0547 e. The first-order valence-corrected chi connectivity index (χ1v) is 37.1. The summed E-state index contributed by atoms with van der Waals surface area (Å²) < 4.78 is 10.5. The van der Waals surface area contributed by atoms with Gasteiger partial charge in [-0.05, 0) is 127 Å². The normalized spacial score (nSPS) is 22.2. The third-order valence-electron chi connectivity index (χ3n) is 13.5. The molecule has 8 rings (SSSR count). The summed E-state index contributed by atoms with van der Waals surface area (Å²) >= 11 is 0. The van der Waals surface area contributed by atoms with E-state index in [1.165, 1.54) is 264 Å². The van der Waals surface area contributed by atoms with Crippen LogP contribution in [0.1, 0.15) is 410 Å². The lowest BCUT2D eigenvalue weighted by atomic mass is 9.91. The highest BCUT2D eigenvalue weighted by molar-refractivity contribution is 4.66. The monoisotopic (exact) mass is 1140 g/mol. The van der Waals surface area contributed by atoms with Gasteiger partial charge in [-0.1, -0.05) is 339 Å². The van der Waals surface area contributed by atoms with Crippen molar-refractivity contribution in [1.82, 2.24) is 10.6 Å². The third kappa shape index (κ3) is 113. The van der Waals surface area contributed by atoms with E-state index in [-0.39, 0.29) is 0 Å². The highest BCUT2D eigenvalue weighted by atomic mass is 16.5. The summed E-state index contributed by atoms with van der Waals surface area (Å²) in [5.41, 5.74) is 0. The van der Waals surface area contributed by atoms with Crippen molar-refractivity contribution >= 4 is 0 Å². The maximum Gasteiger partial charge on any atom is 0.0547 e. The van der Waals surface area contributed by atoms with Gasteiger partial charge in [-0.25, -0.2) is 0 Å². The minimum absolute atomic E-state index is 0.536. The number of hydrogen-bond donors (Lipinski definition) is 2. The van der Waals surface area contributed by atoms with Crippen LogP contribution < -0.4 is 10.6 Å². The molecule has 80 heavy (non-hydrogen) atoms. The highest BCUT2D eigenvalue weighted by Gasteiger charge is 2.10. The fourth-order valence-corrected chi connectivity index (χ4v) is 9.08. The molecule has 4 saturated carbocycles. The Morgan fingerprint density at radius 2 is 0.575 bits per heavy atom. The van der Waals surface area contributed by atoms with Crippen molar-refractivity contribution in [2.45, 2.75) is 422 Å². The fraction of sp³-hybridized carbons (Fsp3) is 1.00. The van der Waals surface area contributed by atoms with Crippen LogP contribution in [0.15, 0.2) is 0 Å². The van der Waals surface area contributed by atoms with E-state index in [0.29, 0.717) is 6.10 Å². The van der Waals surface area contributed by atoms with Gasteiger partial charge in [0.25, 0.3) is 0 Å². The third-order valence-corrected chi connectivity index (χ3v) is 13.5. The van der Waals surface area contributed by atoms with E-state index in [9.17, 15) is 0 Å². The van der Waals surface area contributed by atoms with Gasteiger partial charge < -0.3 is 20.1 Å². The molecule has 496 valence electrons. The number of nitrogens with one attached hydrogen (secondary N) is 2. The zero-order valence-electron chi connectivity index (χ0n) is 61.5. The van der Waals surface area contributed by atoms with Crippen molar-refractivity contribution in [3.8, 4) is 0 Å². The van der Waals surface area contributed by atoms with Crippen LogP contribution in [0.5, 0.6) is 0 Å². The van der Waals surface area contributed by atoms with Gasteiger partial charge in [-0.3, -0.25) is 0 Å². The van der Waals surface area contributed by atoms with Crippen molar-refractivity contribution in [2.75, 3.05) is 39.5 Å². The maximum absolute atomic E-state index is 5.28. The van der Waals surface area contributed by atoms with Crippen LogP contribution in [0.2, 0.25) is 0 Å². The van der Waals surface area contributed by atoms with Crippen molar-refractivity contribution in [2.24, 2.45) is 35.5 Å². The van der Waals surface area contributed by atoms with Gasteiger partial charge >= 0.3 is 0 Å². The molecule has 2 N–H and O–H groups in total. The van der Waals surface area contributed by atoms with Crippen LogP contribution in [0.25, 0.3) is 0 Å². The molecule has 4 aliphatic heterocycles. The first kappa shape index (κ1) is 96.2. The maximum atomic E-state index is 5.28. The van der Waals surface area contributed by atoms with Crippen LogP contribution in [-0.2, 0) is 9.47 Å². The average Bonchev–Trinajstić information content (AvgIpc) is 3.44. The van der Waals surface area contributed by atoms with E-state index in [1.54, 1.807) is 0 Å². The van der Waals surface area contributed by atoms with E-state index in [0.717, 1.165) is 61.4 Å². The largest absolute Gasteiger partial charge is 0.381 e. The molecule has 4 heteroatoms. The molecule has 4 aliphatic carbocycles. The van der Waals surface area contributed by atoms with Crippen molar-refractivity contribution in [3.05, 3.63) is 0 Å². The second-order valence-electron chi connectivity index (χ2n) is 25.9. The van der Waals surface area contributed by atoms with E-state index >= 15 is 0 Å². The molecule has 0 bridgehead atoms. The van der Waals surface area contributed by atoms with Gasteiger partial charge in [0.2, 0.25) is 0 Å². The Balaban J connectivity index is -0.000000117. The molecular weight excluding hydrogens is 973 g/mol. The molecule has 0 amide bonds. The Bertz CT molecular complexity index is 651. The lowest BCUT2D eigenvalue weighted by Gasteiger charge is -2.18. The Labute approximate surface area is 514 Å². The molecule has 4 atom stereocenters. The van der Waals surface area contributed by atoms with Gasteiger partial charge in [0.1, 0.15) is 0 Å². The van der Waals surface area contributed by atoms with Gasteiger partial charge in [0.15, 0.2) is 0 Å². The van der Waals surface area contributed by atoms with Crippen LogP contribution in [0, 0.1) is 35.5 Å². The Morgan fingerprint density at radius 1 is 0.275 bits per heavy atom. The Hall–Kier alpha value is -0.160. The Kier molecular flexibility index (Phi) is 111. The topological polar surface area (TPSA) is 42.5 Å². The summed E-state index contributed by atoms with van der Waals surface area (Å²) in [4.78, 5) is 0. The number of rotatable bonds is 0. The van der Waals surface area contributed by atoms with Gasteiger partial charge in [-0.15, -0.1) is 0 Å². The SMILES string of the molecule is CC1CCCCC1.CC1CCCCC1.CC1CCCCC1.CC1CCCCC1.CCC.CCC.CCC.CCC.CCC.CCC.CCC.CCC.C[C@@H]1CCCCN1.C[C@@H]1CCCCO1.C[C@@H]1CCCNC1.C[C@@H]1CCCOC1. The van der Waals surface area contributed by atoms with Crippen molar-refractivity contribution in [3.63, 3.8) is 0 Å². The van der Waals surface area contributed by atoms with Crippen LogP contribution in [-0.4, -0.2) is 51.6 Å². The number of hydrogen-bond acceptors (Lipinski definition) is 4. The fourth-order valence-electron chi connectivity index (χ4n) is 9.08. The molecule has 8 fully saturated rings. The number of ether oxygens (including phenoxy) is 2. The zero-order valence-corrected chi connectivity index (χ0v) is 61.5. The molecule has 8 aliphatic rings. The second-order valence-corrected chi connectivity index (χ2v) is 25.9. The molecule has 0 unspecified atom stereocenters. The summed E-state index contributed by atoms with van der Waals surface area (Å²) in [6.07, 6.45) is 53.8. The van der Waals surface area contributed by atoms with Crippen LogP contribution in [0.4, 0.5) is 0 Å². The second kappa shape index (κ2) is 92.6. The molecule has 0 aromatic heterocycles. The van der Waals surface area contributed by atoms with Gasteiger partial charge in [0.05, 0.1) is 6.10 Å². The molecule has 0 aromatic carbocycles. The highest BCUT2D eigenvalue weighted by Crippen LogP contribution is 2.24. The predicted molar refractivity (Wildman–Crippen MR) is 378 cm³/mol. The minimum atomic E-state index is 0.536. The molecular formula is C76H170N2O2. The first-order valence-electron chi connectivity index (χ1n) is 37.1. The molecule has 0 aromatic rings. The molecule has 4 nitrogen and oxygen atoms in total. The summed E-state index contributed by atoms with van der Waals surface area (Å²) in [6, 6.07) is 0.786. The van der Waals surface area contributed by atoms with Crippen LogP contribution in [0.3, 0.4) is 0 Å². The van der Waals surface area contributed by atoms with E-state index in [2.05, 4.69) is 177 Å². The molecule has 4 saturated heterocycles. The molecule has 4 heterocycles. The summed E-state index contributed by atoms with van der Waals surface area (Å²) in [7, 11) is 0. The average molecular weight is 1140 g/mol. The van der Waals surface area contributed by atoms with Gasteiger partial charge in [0, 0.05) is 25.9 Å².